The van der Waals surface area contributed by atoms with Crippen LogP contribution in [0.2, 0.25) is 0 Å². The maximum absolute atomic E-state index is 11.8. The highest BCUT2D eigenvalue weighted by atomic mass is 16.1. The first-order chi connectivity index (χ1) is 7.18. The highest BCUT2D eigenvalue weighted by Gasteiger charge is 2.47. The number of carbonyl (C=O) groups is 1. The number of hydrogen-bond donors (Lipinski definition) is 1. The molecule has 0 amide bonds. The van der Waals surface area contributed by atoms with Gasteiger partial charge in [-0.25, -0.2) is 4.98 Å². The predicted octanol–water partition coefficient (Wildman–Crippen LogP) is 0.661. The van der Waals surface area contributed by atoms with E-state index in [1.54, 1.807) is 6.20 Å². The second kappa shape index (κ2) is 3.77. The van der Waals surface area contributed by atoms with Gasteiger partial charge in [-0.05, 0) is 12.8 Å². The number of Topliss-reactive ketones (excluding diaryl/α,β-unsaturated/α-hetero) is 1. The van der Waals surface area contributed by atoms with E-state index in [1.165, 1.54) is 0 Å². The number of ketones is 1. The molecule has 82 valence electrons. The van der Waals surface area contributed by atoms with Crippen molar-refractivity contribution in [2.75, 3.05) is 6.54 Å². The quantitative estimate of drug-likeness (QED) is 0.771. The molecule has 0 radical (unpaired) electrons. The van der Waals surface area contributed by atoms with E-state index in [9.17, 15) is 4.79 Å². The van der Waals surface area contributed by atoms with Crippen molar-refractivity contribution in [1.82, 2.24) is 9.55 Å². The Balaban J connectivity index is 1.89. The zero-order valence-electron chi connectivity index (χ0n) is 9.07. The Hall–Kier alpha value is -1.16. The molecule has 1 heterocycles. The number of aryl methyl sites for hydroxylation is 2. The molecule has 1 aromatic rings. The fourth-order valence-corrected chi connectivity index (χ4v) is 1.88. The van der Waals surface area contributed by atoms with Crippen LogP contribution in [0.15, 0.2) is 12.4 Å². The zero-order chi connectivity index (χ0) is 10.9. The van der Waals surface area contributed by atoms with Crippen LogP contribution in [0.25, 0.3) is 0 Å². The van der Waals surface area contributed by atoms with Gasteiger partial charge in [-0.15, -0.1) is 0 Å². The van der Waals surface area contributed by atoms with Crippen LogP contribution in [0, 0.1) is 5.41 Å². The van der Waals surface area contributed by atoms with Gasteiger partial charge in [0.25, 0.3) is 0 Å². The number of carbonyl (C=O) groups excluding carboxylic acids is 1. The molecule has 2 rings (SSSR count). The second-order valence-corrected chi connectivity index (χ2v) is 4.36. The number of nitrogens with two attached hydrogens (primary N) is 1. The second-order valence-electron chi connectivity index (χ2n) is 4.36. The first kappa shape index (κ1) is 10.4. The Bertz CT molecular complexity index is 366. The summed E-state index contributed by atoms with van der Waals surface area (Å²) in [5.41, 5.74) is 5.45. The molecule has 0 bridgehead atoms. The highest BCUT2D eigenvalue weighted by Crippen LogP contribution is 2.46. The molecule has 1 fully saturated rings. The first-order valence-electron chi connectivity index (χ1n) is 5.37. The Kier molecular flexibility index (Phi) is 2.61. The lowest BCUT2D eigenvalue weighted by molar-refractivity contribution is -0.123. The van der Waals surface area contributed by atoms with E-state index in [2.05, 4.69) is 4.98 Å². The summed E-state index contributed by atoms with van der Waals surface area (Å²) in [4.78, 5) is 16.0. The van der Waals surface area contributed by atoms with Crippen LogP contribution in [0.3, 0.4) is 0 Å². The van der Waals surface area contributed by atoms with Crippen molar-refractivity contribution < 1.29 is 4.79 Å². The largest absolute Gasteiger partial charge is 0.338 e. The predicted molar refractivity (Wildman–Crippen MR) is 57.3 cm³/mol. The van der Waals surface area contributed by atoms with Crippen molar-refractivity contribution in [3.63, 3.8) is 0 Å². The molecule has 0 atom stereocenters. The normalized spacial score (nSPS) is 17.7. The van der Waals surface area contributed by atoms with E-state index in [4.69, 9.17) is 5.73 Å². The Morgan fingerprint density at radius 2 is 2.40 bits per heavy atom. The van der Waals surface area contributed by atoms with Gasteiger partial charge in [0.05, 0.1) is 0 Å². The van der Waals surface area contributed by atoms with Gasteiger partial charge in [-0.3, -0.25) is 4.79 Å². The van der Waals surface area contributed by atoms with E-state index in [0.717, 1.165) is 25.1 Å². The Morgan fingerprint density at radius 1 is 1.67 bits per heavy atom. The molecule has 4 heteroatoms. The van der Waals surface area contributed by atoms with Crippen LogP contribution in [-0.4, -0.2) is 21.9 Å². The summed E-state index contributed by atoms with van der Waals surface area (Å²) in [6.45, 7) is 0.506. The lowest BCUT2D eigenvalue weighted by atomic mass is 9.97. The summed E-state index contributed by atoms with van der Waals surface area (Å²) < 4.78 is 1.95. The van der Waals surface area contributed by atoms with Crippen molar-refractivity contribution in [1.29, 1.82) is 0 Å². The fraction of sp³-hybridized carbons (Fsp3) is 0.636. The van der Waals surface area contributed by atoms with Gasteiger partial charge in [0.2, 0.25) is 0 Å². The summed E-state index contributed by atoms with van der Waals surface area (Å²) in [6.07, 6.45) is 6.91. The number of rotatable bonds is 5. The van der Waals surface area contributed by atoms with Crippen LogP contribution in [-0.2, 0) is 18.3 Å². The topological polar surface area (TPSA) is 60.9 Å². The lowest BCUT2D eigenvalue weighted by Gasteiger charge is -2.10. The molecular weight excluding hydrogens is 190 g/mol. The van der Waals surface area contributed by atoms with Crippen LogP contribution in [0.4, 0.5) is 0 Å². The van der Waals surface area contributed by atoms with E-state index < -0.39 is 0 Å². The molecule has 0 aliphatic heterocycles. The van der Waals surface area contributed by atoms with Crippen molar-refractivity contribution >= 4 is 5.78 Å². The molecule has 4 nitrogen and oxygen atoms in total. The Labute approximate surface area is 89.5 Å². The summed E-state index contributed by atoms with van der Waals surface area (Å²) in [5.74, 6) is 1.28. The van der Waals surface area contributed by atoms with Crippen molar-refractivity contribution in [2.24, 2.45) is 18.2 Å². The third-order valence-corrected chi connectivity index (χ3v) is 3.33. The van der Waals surface area contributed by atoms with Gasteiger partial charge >= 0.3 is 0 Å². The molecule has 0 aromatic carbocycles. The van der Waals surface area contributed by atoms with Gasteiger partial charge in [-0.2, -0.15) is 0 Å². The number of imidazole rings is 1. The fourth-order valence-electron chi connectivity index (χ4n) is 1.88. The molecular formula is C11H17N3O. The van der Waals surface area contributed by atoms with Crippen molar-refractivity contribution in [2.45, 2.75) is 25.7 Å². The van der Waals surface area contributed by atoms with Gasteiger partial charge < -0.3 is 10.3 Å². The minimum absolute atomic E-state index is 0.162. The minimum Gasteiger partial charge on any atom is -0.338 e. The average Bonchev–Trinajstić information content (AvgIpc) is 2.94. The molecule has 1 aliphatic carbocycles. The molecule has 1 saturated carbocycles. The molecule has 1 aliphatic rings. The maximum atomic E-state index is 11.8. The highest BCUT2D eigenvalue weighted by molar-refractivity contribution is 5.87. The van der Waals surface area contributed by atoms with Gasteiger partial charge in [0.15, 0.2) is 0 Å². The summed E-state index contributed by atoms with van der Waals surface area (Å²) in [7, 11) is 1.95. The van der Waals surface area contributed by atoms with Crippen LogP contribution >= 0.6 is 0 Å². The average molecular weight is 207 g/mol. The van der Waals surface area contributed by atoms with Crippen molar-refractivity contribution in [3.05, 3.63) is 18.2 Å². The zero-order valence-corrected chi connectivity index (χ0v) is 9.07. The van der Waals surface area contributed by atoms with Crippen LogP contribution in [0.1, 0.15) is 25.1 Å². The van der Waals surface area contributed by atoms with Crippen LogP contribution < -0.4 is 5.73 Å². The molecule has 15 heavy (non-hydrogen) atoms. The number of hydrogen-bond acceptors (Lipinski definition) is 3. The first-order valence-corrected chi connectivity index (χ1v) is 5.37. The van der Waals surface area contributed by atoms with E-state index in [1.807, 2.05) is 17.8 Å². The molecule has 1 aromatic heterocycles. The van der Waals surface area contributed by atoms with E-state index >= 15 is 0 Å². The molecule has 2 N–H and O–H groups in total. The molecule has 0 spiro atoms. The minimum atomic E-state index is -0.162. The third-order valence-electron chi connectivity index (χ3n) is 3.33. The van der Waals surface area contributed by atoms with Gasteiger partial charge in [0.1, 0.15) is 11.6 Å². The Morgan fingerprint density at radius 3 is 2.87 bits per heavy atom. The summed E-state index contributed by atoms with van der Waals surface area (Å²) in [6, 6.07) is 0. The summed E-state index contributed by atoms with van der Waals surface area (Å²) >= 11 is 0. The van der Waals surface area contributed by atoms with E-state index in [-0.39, 0.29) is 5.41 Å². The van der Waals surface area contributed by atoms with Crippen molar-refractivity contribution in [3.8, 4) is 0 Å². The standard InChI is InChI=1S/C11H17N3O/c1-14-7-6-13-10(14)3-2-9(15)11(8-12)4-5-11/h6-7H,2-5,8,12H2,1H3. The molecule has 0 unspecified atom stereocenters. The lowest BCUT2D eigenvalue weighted by Crippen LogP contribution is -2.25. The number of nitrogens with zero attached hydrogens (tertiary/aromatic N) is 2. The smallest absolute Gasteiger partial charge is 0.140 e. The molecule has 0 saturated heterocycles. The van der Waals surface area contributed by atoms with Gasteiger partial charge in [0, 0.05) is 44.2 Å². The van der Waals surface area contributed by atoms with Gasteiger partial charge in [-0.1, -0.05) is 0 Å². The summed E-state index contributed by atoms with van der Waals surface area (Å²) in [5, 5.41) is 0. The maximum Gasteiger partial charge on any atom is 0.140 e. The SMILES string of the molecule is Cn1ccnc1CCC(=O)C1(CN)CC1. The van der Waals surface area contributed by atoms with E-state index in [0.29, 0.717) is 18.7 Å². The number of aromatic nitrogens is 2. The van der Waals surface area contributed by atoms with Crippen LogP contribution in [0.5, 0.6) is 0 Å². The monoisotopic (exact) mass is 207 g/mol. The third kappa shape index (κ3) is 1.95.